The largest absolute Gasteiger partial charge is 0.328 e. The number of benzene rings is 3. The number of hydrogen-bond donors (Lipinski definition) is 2. The van der Waals surface area contributed by atoms with Crippen molar-refractivity contribution < 1.29 is 14.0 Å². The number of anilines is 2. The summed E-state index contributed by atoms with van der Waals surface area (Å²) in [4.78, 5) is 30.9. The predicted octanol–water partition coefficient (Wildman–Crippen LogP) is 6.25. The summed E-state index contributed by atoms with van der Waals surface area (Å²) in [6.07, 6.45) is 0. The van der Waals surface area contributed by atoms with Crippen LogP contribution in [0.2, 0.25) is 0 Å². The van der Waals surface area contributed by atoms with Crippen LogP contribution in [0.15, 0.2) is 83.2 Å². The monoisotopic (exact) mass is 541 g/mol. The maximum absolute atomic E-state index is 15.2. The van der Waals surface area contributed by atoms with Crippen molar-refractivity contribution in [2.75, 3.05) is 16.4 Å². The average Bonchev–Trinajstić information content (AvgIpc) is 3.31. The summed E-state index contributed by atoms with van der Waals surface area (Å²) in [5.41, 5.74) is 5.53. The number of aromatic nitrogens is 3. The number of carbonyl (C=O) groups excluding carboxylic acids is 2. The van der Waals surface area contributed by atoms with Crippen molar-refractivity contribution in [2.24, 2.45) is 0 Å². The molecule has 1 atom stereocenters. The maximum Gasteiger partial charge on any atom is 0.255 e. The van der Waals surface area contributed by atoms with E-state index in [9.17, 15) is 9.59 Å². The Kier molecular flexibility index (Phi) is 7.34. The van der Waals surface area contributed by atoms with Gasteiger partial charge in [0, 0.05) is 22.5 Å². The number of hydrogen-bond acceptors (Lipinski definition) is 6. The van der Waals surface area contributed by atoms with E-state index in [4.69, 9.17) is 0 Å². The Balaban J connectivity index is 1.46. The lowest BCUT2D eigenvalue weighted by atomic mass is 9.94. The molecule has 1 aliphatic heterocycles. The number of fused-ring (bicyclic) bond motifs is 1. The third kappa shape index (κ3) is 5.49. The lowest BCUT2D eigenvalue weighted by molar-refractivity contribution is -0.113. The minimum atomic E-state index is -0.858. The van der Waals surface area contributed by atoms with Crippen molar-refractivity contribution in [3.05, 3.63) is 112 Å². The summed E-state index contributed by atoms with van der Waals surface area (Å²) in [6, 6.07) is 18.6. The molecule has 39 heavy (non-hydrogen) atoms. The topological polar surface area (TPSA) is 88.9 Å². The number of rotatable bonds is 7. The molecule has 2 heterocycles. The summed E-state index contributed by atoms with van der Waals surface area (Å²) >= 11 is 1.19. The highest BCUT2D eigenvalue weighted by Gasteiger charge is 2.36. The van der Waals surface area contributed by atoms with Gasteiger partial charge in [-0.05, 0) is 45.4 Å². The minimum absolute atomic E-state index is 0.0470. The molecule has 1 aliphatic rings. The number of carbonyl (C=O) groups is 2. The van der Waals surface area contributed by atoms with Gasteiger partial charge in [0.1, 0.15) is 11.9 Å². The number of nitrogens with one attached hydrogen (secondary N) is 2. The number of amides is 1. The molecule has 0 saturated heterocycles. The zero-order chi connectivity index (χ0) is 27.7. The zero-order valence-corrected chi connectivity index (χ0v) is 22.9. The van der Waals surface area contributed by atoms with Gasteiger partial charge in [-0.3, -0.25) is 9.59 Å². The van der Waals surface area contributed by atoms with E-state index in [1.54, 1.807) is 37.3 Å². The van der Waals surface area contributed by atoms with E-state index in [0.717, 1.165) is 16.7 Å². The van der Waals surface area contributed by atoms with Gasteiger partial charge in [0.15, 0.2) is 5.78 Å². The maximum atomic E-state index is 15.2. The summed E-state index contributed by atoms with van der Waals surface area (Å²) in [7, 11) is 0. The molecule has 0 saturated carbocycles. The van der Waals surface area contributed by atoms with Crippen LogP contribution in [-0.4, -0.2) is 32.2 Å². The van der Waals surface area contributed by atoms with Crippen LogP contribution in [-0.2, 0) is 4.79 Å². The Morgan fingerprint density at radius 2 is 1.72 bits per heavy atom. The third-order valence-electron chi connectivity index (χ3n) is 6.61. The highest BCUT2D eigenvalue weighted by Crippen LogP contribution is 2.38. The number of nitrogens with zero attached hydrogens (tertiary/aromatic N) is 3. The molecule has 198 valence electrons. The molecule has 0 bridgehead atoms. The standard InChI is InChI=1S/C30H28FN5O2S/c1-17-9-12-21(13-10-17)25(37)16-39-30-34-29-32-20(4)26(28(38)33-24-14-11-18(2)15-19(24)3)27(36(29)35-30)22-7-5-6-8-23(22)31/h5-15,27H,16H2,1-4H3,(H,33,38)(H,32,34,35)/t27-/m0/s1. The van der Waals surface area contributed by atoms with Gasteiger partial charge in [0.25, 0.3) is 5.91 Å². The quantitative estimate of drug-likeness (QED) is 0.213. The summed E-state index contributed by atoms with van der Waals surface area (Å²) in [5, 5.41) is 11.1. The van der Waals surface area contributed by atoms with E-state index in [1.807, 2.05) is 51.1 Å². The third-order valence-corrected chi connectivity index (χ3v) is 7.45. The van der Waals surface area contributed by atoms with E-state index >= 15 is 4.39 Å². The molecule has 1 aromatic heterocycles. The molecule has 4 aromatic rings. The molecule has 0 aliphatic carbocycles. The number of allylic oxidation sites excluding steroid dienone is 1. The molecule has 9 heteroatoms. The van der Waals surface area contributed by atoms with E-state index < -0.39 is 11.9 Å². The van der Waals surface area contributed by atoms with Gasteiger partial charge in [-0.15, -0.1) is 5.10 Å². The first-order valence-corrected chi connectivity index (χ1v) is 13.5. The van der Waals surface area contributed by atoms with Gasteiger partial charge in [-0.1, -0.05) is 77.5 Å². The molecule has 5 rings (SSSR count). The molecule has 0 radical (unpaired) electrons. The second-order valence-corrected chi connectivity index (χ2v) is 10.5. The van der Waals surface area contributed by atoms with Gasteiger partial charge >= 0.3 is 0 Å². The summed E-state index contributed by atoms with van der Waals surface area (Å²) in [6.45, 7) is 7.64. The molecule has 0 fully saturated rings. The lowest BCUT2D eigenvalue weighted by Gasteiger charge is -2.29. The predicted molar refractivity (Wildman–Crippen MR) is 152 cm³/mol. The number of ketones is 1. The van der Waals surface area contributed by atoms with E-state index in [1.165, 1.54) is 22.5 Å². The minimum Gasteiger partial charge on any atom is -0.328 e. The smallest absolute Gasteiger partial charge is 0.255 e. The number of aryl methyl sites for hydroxylation is 3. The fraction of sp³-hybridized carbons (Fsp3) is 0.200. The fourth-order valence-electron chi connectivity index (χ4n) is 4.57. The fourth-order valence-corrected chi connectivity index (χ4v) is 5.29. The Morgan fingerprint density at radius 3 is 2.44 bits per heavy atom. The molecular formula is C30H28FN5O2S. The Hall–Kier alpha value is -4.24. The molecule has 3 aromatic carbocycles. The normalized spacial score (nSPS) is 14.5. The highest BCUT2D eigenvalue weighted by atomic mass is 32.2. The number of Topliss-reactive ketones (excluding diaryl/α,β-unsaturated/α-hetero) is 1. The van der Waals surface area contributed by atoms with Crippen molar-refractivity contribution in [3.63, 3.8) is 0 Å². The van der Waals surface area contributed by atoms with Crippen molar-refractivity contribution in [3.8, 4) is 0 Å². The lowest BCUT2D eigenvalue weighted by Crippen LogP contribution is -2.32. The molecule has 7 nitrogen and oxygen atoms in total. The SMILES string of the molecule is CC1=C(C(=O)Nc2ccc(C)cc2C)[C@H](c2ccccc2F)n2nc(SCC(=O)c3ccc(C)cc3)nc2N1. The van der Waals surface area contributed by atoms with Crippen LogP contribution in [0.1, 0.15) is 45.6 Å². The van der Waals surface area contributed by atoms with Gasteiger partial charge < -0.3 is 10.6 Å². The van der Waals surface area contributed by atoms with Crippen molar-refractivity contribution in [1.29, 1.82) is 0 Å². The van der Waals surface area contributed by atoms with Gasteiger partial charge in [-0.25, -0.2) is 9.07 Å². The average molecular weight is 542 g/mol. The van der Waals surface area contributed by atoms with Gasteiger partial charge in [0.05, 0.1) is 11.3 Å². The van der Waals surface area contributed by atoms with Gasteiger partial charge in [-0.2, -0.15) is 4.98 Å². The Labute approximate surface area is 230 Å². The van der Waals surface area contributed by atoms with Gasteiger partial charge in [0.2, 0.25) is 11.1 Å². The first-order valence-electron chi connectivity index (χ1n) is 12.5. The van der Waals surface area contributed by atoms with Crippen LogP contribution >= 0.6 is 11.8 Å². The second kappa shape index (κ2) is 10.9. The first-order chi connectivity index (χ1) is 18.7. The van der Waals surface area contributed by atoms with E-state index in [-0.39, 0.29) is 17.4 Å². The summed E-state index contributed by atoms with van der Waals surface area (Å²) < 4.78 is 16.7. The van der Waals surface area contributed by atoms with E-state index in [2.05, 4.69) is 20.7 Å². The molecule has 2 N–H and O–H groups in total. The van der Waals surface area contributed by atoms with Crippen LogP contribution in [0.3, 0.4) is 0 Å². The number of thioether (sulfide) groups is 1. The van der Waals surface area contributed by atoms with Crippen LogP contribution in [0.4, 0.5) is 16.0 Å². The molecule has 0 spiro atoms. The van der Waals surface area contributed by atoms with Crippen LogP contribution in [0.25, 0.3) is 0 Å². The molecule has 1 amide bonds. The van der Waals surface area contributed by atoms with Crippen molar-refractivity contribution in [2.45, 2.75) is 38.9 Å². The molecular weight excluding hydrogens is 513 g/mol. The van der Waals surface area contributed by atoms with Crippen molar-refractivity contribution in [1.82, 2.24) is 14.8 Å². The van der Waals surface area contributed by atoms with Crippen LogP contribution in [0.5, 0.6) is 0 Å². The summed E-state index contributed by atoms with van der Waals surface area (Å²) in [5.74, 6) is -0.365. The van der Waals surface area contributed by atoms with Crippen LogP contribution in [0, 0.1) is 26.6 Å². The van der Waals surface area contributed by atoms with E-state index in [0.29, 0.717) is 39.2 Å². The first kappa shape index (κ1) is 26.4. The Morgan fingerprint density at radius 1 is 1.00 bits per heavy atom. The van der Waals surface area contributed by atoms with Crippen LogP contribution < -0.4 is 10.6 Å². The second-order valence-electron chi connectivity index (χ2n) is 9.60. The zero-order valence-electron chi connectivity index (χ0n) is 22.1. The van der Waals surface area contributed by atoms with Crippen molar-refractivity contribution >= 4 is 35.1 Å². The highest BCUT2D eigenvalue weighted by molar-refractivity contribution is 7.99. The molecule has 0 unspecified atom stereocenters. The number of halogens is 1. The Bertz CT molecular complexity index is 1610.